The molecule has 0 heterocycles. The molecule has 0 spiro atoms. The monoisotopic (exact) mass is 464 g/mol. The fourth-order valence-corrected chi connectivity index (χ4v) is 5.33. The predicted octanol–water partition coefficient (Wildman–Crippen LogP) is 9.94. The van der Waals surface area contributed by atoms with Crippen LogP contribution in [-0.2, 0) is 6.42 Å². The maximum absolute atomic E-state index is 15.3. The third kappa shape index (κ3) is 4.57. The lowest BCUT2D eigenvalue weighted by Crippen LogP contribution is -1.99. The summed E-state index contributed by atoms with van der Waals surface area (Å²) < 4.78 is 15.3. The van der Waals surface area contributed by atoms with E-state index in [1.807, 2.05) is 24.3 Å². The van der Waals surface area contributed by atoms with Crippen LogP contribution in [0.3, 0.4) is 0 Å². The molecule has 0 bridgehead atoms. The van der Waals surface area contributed by atoms with Gasteiger partial charge < -0.3 is 0 Å². The van der Waals surface area contributed by atoms with Gasteiger partial charge in [0.05, 0.1) is 0 Å². The molecule has 0 fully saturated rings. The van der Waals surface area contributed by atoms with E-state index in [-0.39, 0.29) is 5.82 Å². The first-order valence-corrected chi connectivity index (χ1v) is 12.7. The smallest absolute Gasteiger partial charge is 0.131 e. The molecule has 35 heavy (non-hydrogen) atoms. The zero-order valence-electron chi connectivity index (χ0n) is 22.5. The van der Waals surface area contributed by atoms with Crippen LogP contribution in [0, 0.1) is 54.3 Å². The second-order valence-electron chi connectivity index (χ2n) is 10.1. The van der Waals surface area contributed by atoms with Crippen molar-refractivity contribution in [2.45, 2.75) is 68.2 Å². The fourth-order valence-electron chi connectivity index (χ4n) is 5.33. The van der Waals surface area contributed by atoms with Gasteiger partial charge in [0, 0.05) is 5.56 Å². The predicted molar refractivity (Wildman–Crippen MR) is 150 cm³/mol. The molecular formula is C34H37F. The minimum Gasteiger partial charge on any atom is -0.206 e. The van der Waals surface area contributed by atoms with Crippen molar-refractivity contribution in [3.05, 3.63) is 105 Å². The quantitative estimate of drug-likeness (QED) is 0.276. The summed E-state index contributed by atoms with van der Waals surface area (Å²) in [6.07, 6.45) is 2.27. The van der Waals surface area contributed by atoms with Crippen molar-refractivity contribution in [2.75, 3.05) is 0 Å². The standard InChI is InChI=1S/C34H37F/c1-9-10-30-21(3)18-32(26(8)25(30)7)28-13-11-27(12-14-28)31-16-15-29(19-34(31)35)33-17-20(2)22(4)23(5)24(33)6/h11-19H,9-10H2,1-8H3. The van der Waals surface area contributed by atoms with Crippen molar-refractivity contribution in [1.29, 1.82) is 0 Å². The van der Waals surface area contributed by atoms with Gasteiger partial charge in [0.25, 0.3) is 0 Å². The Hall–Kier alpha value is -3.19. The lowest BCUT2D eigenvalue weighted by molar-refractivity contribution is 0.632. The van der Waals surface area contributed by atoms with Crippen molar-refractivity contribution in [3.8, 4) is 33.4 Å². The molecule has 180 valence electrons. The lowest BCUT2D eigenvalue weighted by atomic mass is 9.88. The van der Waals surface area contributed by atoms with E-state index in [1.165, 1.54) is 55.6 Å². The first kappa shape index (κ1) is 24.9. The van der Waals surface area contributed by atoms with Gasteiger partial charge in [-0.1, -0.05) is 61.9 Å². The Bertz CT molecular complexity index is 1400. The van der Waals surface area contributed by atoms with Crippen LogP contribution in [0.1, 0.15) is 57.9 Å². The van der Waals surface area contributed by atoms with E-state index in [4.69, 9.17) is 0 Å². The molecule has 0 aliphatic heterocycles. The molecule has 1 heteroatoms. The molecule has 0 saturated carbocycles. The molecule has 0 unspecified atom stereocenters. The van der Waals surface area contributed by atoms with Crippen LogP contribution in [0.4, 0.5) is 4.39 Å². The van der Waals surface area contributed by atoms with Gasteiger partial charge >= 0.3 is 0 Å². The molecule has 4 rings (SSSR count). The van der Waals surface area contributed by atoms with Crippen LogP contribution in [0.2, 0.25) is 0 Å². The van der Waals surface area contributed by atoms with Crippen molar-refractivity contribution in [2.24, 2.45) is 0 Å². The Morgan fingerprint density at radius 1 is 0.514 bits per heavy atom. The van der Waals surface area contributed by atoms with Crippen LogP contribution in [0.5, 0.6) is 0 Å². The van der Waals surface area contributed by atoms with E-state index in [9.17, 15) is 0 Å². The Labute approximate surface area is 210 Å². The van der Waals surface area contributed by atoms with Gasteiger partial charge in [0.1, 0.15) is 5.82 Å². The Morgan fingerprint density at radius 2 is 1.03 bits per heavy atom. The summed E-state index contributed by atoms with van der Waals surface area (Å²) in [6.45, 7) is 17.4. The van der Waals surface area contributed by atoms with Crippen molar-refractivity contribution in [1.82, 2.24) is 0 Å². The molecule has 0 aliphatic carbocycles. The van der Waals surface area contributed by atoms with Crippen molar-refractivity contribution < 1.29 is 4.39 Å². The average molecular weight is 465 g/mol. The summed E-state index contributed by atoms with van der Waals surface area (Å²) in [6, 6.07) is 18.5. The summed E-state index contributed by atoms with van der Waals surface area (Å²) in [5.41, 5.74) is 16.6. The SMILES string of the molecule is CCCc1c(C)cc(-c2ccc(-c3ccc(-c4cc(C)c(C)c(C)c4C)cc3F)cc2)c(C)c1C. The minimum atomic E-state index is -0.183. The van der Waals surface area contributed by atoms with E-state index in [1.54, 1.807) is 6.07 Å². The summed E-state index contributed by atoms with van der Waals surface area (Å²) in [4.78, 5) is 0. The third-order valence-electron chi connectivity index (χ3n) is 8.02. The van der Waals surface area contributed by atoms with Gasteiger partial charge in [-0.05, 0) is 133 Å². The maximum atomic E-state index is 15.3. The highest BCUT2D eigenvalue weighted by Gasteiger charge is 2.14. The molecule has 4 aromatic carbocycles. The van der Waals surface area contributed by atoms with Crippen LogP contribution in [-0.4, -0.2) is 0 Å². The van der Waals surface area contributed by atoms with Gasteiger partial charge in [-0.15, -0.1) is 0 Å². The molecule has 0 N–H and O–H groups in total. The summed E-state index contributed by atoms with van der Waals surface area (Å²) >= 11 is 0. The number of hydrogen-bond acceptors (Lipinski definition) is 0. The highest BCUT2D eigenvalue weighted by Crippen LogP contribution is 2.35. The van der Waals surface area contributed by atoms with Gasteiger partial charge in [-0.3, -0.25) is 0 Å². The topological polar surface area (TPSA) is 0 Å². The van der Waals surface area contributed by atoms with E-state index in [0.717, 1.165) is 29.5 Å². The summed E-state index contributed by atoms with van der Waals surface area (Å²) in [5, 5.41) is 0. The molecule has 0 aliphatic rings. The Balaban J connectivity index is 1.69. The molecule has 0 radical (unpaired) electrons. The Morgan fingerprint density at radius 3 is 1.63 bits per heavy atom. The molecule has 4 aromatic rings. The first-order chi connectivity index (χ1) is 16.6. The van der Waals surface area contributed by atoms with Crippen LogP contribution < -0.4 is 0 Å². The normalized spacial score (nSPS) is 11.2. The highest BCUT2D eigenvalue weighted by molar-refractivity contribution is 5.77. The van der Waals surface area contributed by atoms with E-state index in [0.29, 0.717) is 5.56 Å². The molecule has 0 amide bonds. The molecular weight excluding hydrogens is 427 g/mol. The van der Waals surface area contributed by atoms with Crippen LogP contribution >= 0.6 is 0 Å². The minimum absolute atomic E-state index is 0.183. The van der Waals surface area contributed by atoms with Crippen LogP contribution in [0.25, 0.3) is 33.4 Å². The highest BCUT2D eigenvalue weighted by atomic mass is 19.1. The average Bonchev–Trinajstić information content (AvgIpc) is 2.85. The van der Waals surface area contributed by atoms with E-state index >= 15 is 4.39 Å². The third-order valence-corrected chi connectivity index (χ3v) is 8.02. The number of rotatable bonds is 5. The van der Waals surface area contributed by atoms with E-state index in [2.05, 4.69) is 79.7 Å². The second kappa shape index (κ2) is 9.82. The molecule has 0 atom stereocenters. The zero-order chi connectivity index (χ0) is 25.4. The van der Waals surface area contributed by atoms with Crippen molar-refractivity contribution >= 4 is 0 Å². The number of halogens is 1. The zero-order valence-corrected chi connectivity index (χ0v) is 22.5. The first-order valence-electron chi connectivity index (χ1n) is 12.7. The fraction of sp³-hybridized carbons (Fsp3) is 0.294. The molecule has 0 aromatic heterocycles. The molecule has 0 nitrogen and oxygen atoms in total. The largest absolute Gasteiger partial charge is 0.206 e. The van der Waals surface area contributed by atoms with Gasteiger partial charge in [0.2, 0.25) is 0 Å². The van der Waals surface area contributed by atoms with Crippen molar-refractivity contribution in [3.63, 3.8) is 0 Å². The number of aryl methyl sites for hydroxylation is 2. The number of hydrogen-bond donors (Lipinski definition) is 0. The molecule has 0 saturated heterocycles. The summed E-state index contributed by atoms with van der Waals surface area (Å²) in [5.74, 6) is -0.183. The maximum Gasteiger partial charge on any atom is 0.131 e. The Kier molecular flexibility index (Phi) is 6.99. The van der Waals surface area contributed by atoms with Gasteiger partial charge in [-0.25, -0.2) is 4.39 Å². The van der Waals surface area contributed by atoms with Gasteiger partial charge in [-0.2, -0.15) is 0 Å². The summed E-state index contributed by atoms with van der Waals surface area (Å²) in [7, 11) is 0. The van der Waals surface area contributed by atoms with Gasteiger partial charge in [0.15, 0.2) is 0 Å². The van der Waals surface area contributed by atoms with E-state index < -0.39 is 0 Å². The lowest BCUT2D eigenvalue weighted by Gasteiger charge is -2.17. The van der Waals surface area contributed by atoms with Crippen LogP contribution in [0.15, 0.2) is 54.6 Å². The second-order valence-corrected chi connectivity index (χ2v) is 10.1. The number of benzene rings is 4.